The summed E-state index contributed by atoms with van der Waals surface area (Å²) in [6.45, 7) is 11.7. The molecule has 18 nitrogen and oxygen atoms in total. The van der Waals surface area contributed by atoms with Gasteiger partial charge in [-0.1, -0.05) is 182 Å². The van der Waals surface area contributed by atoms with Gasteiger partial charge in [0, 0.05) is 33.4 Å². The Balaban J connectivity index is 0.000000178. The zero-order chi connectivity index (χ0) is 53.4. The first-order chi connectivity index (χ1) is 37.6. The Bertz CT molecular complexity index is 3570. The predicted octanol–water partition coefficient (Wildman–Crippen LogP) is 9.52. The van der Waals surface area contributed by atoms with Crippen molar-refractivity contribution >= 4 is 37.4 Å². The number of aromatic nitrogens is 18. The van der Waals surface area contributed by atoms with Crippen LogP contribution in [0.2, 0.25) is 0 Å². The van der Waals surface area contributed by atoms with Crippen LogP contribution >= 0.6 is 23.2 Å². The Labute approximate surface area is 471 Å². The summed E-state index contributed by atoms with van der Waals surface area (Å²) in [4.78, 5) is 28.8. The summed E-state index contributed by atoms with van der Waals surface area (Å²) >= 11 is 9.53. The Kier molecular flexibility index (Phi) is 17.1. The van der Waals surface area contributed by atoms with Crippen molar-refractivity contribution in [2.75, 3.05) is 5.34 Å². The van der Waals surface area contributed by atoms with E-state index < -0.39 is 14.2 Å². The van der Waals surface area contributed by atoms with E-state index in [2.05, 4.69) is 0 Å². The van der Waals surface area contributed by atoms with E-state index in [1.165, 1.54) is 0 Å². The monoisotopic (exact) mass is 1110 g/mol. The third kappa shape index (κ3) is 11.7. The van der Waals surface area contributed by atoms with Crippen LogP contribution in [-0.2, 0) is 16.5 Å². The van der Waals surface area contributed by atoms with Crippen LogP contribution in [0.3, 0.4) is 0 Å². The molecule has 0 spiro atoms. The van der Waals surface area contributed by atoms with Gasteiger partial charge in [0.1, 0.15) is 11.6 Å². The summed E-state index contributed by atoms with van der Waals surface area (Å²) in [5, 5.41) is 29.8. The van der Waals surface area contributed by atoms with Gasteiger partial charge in [-0.15, -0.1) is 23.2 Å². The fourth-order valence-corrected chi connectivity index (χ4v) is 9.20. The van der Waals surface area contributed by atoms with Gasteiger partial charge in [0.05, 0.1) is 34.5 Å². The summed E-state index contributed by atoms with van der Waals surface area (Å²) < 4.78 is 11.5. The molecule has 12 rings (SSSR count). The van der Waals surface area contributed by atoms with E-state index in [9.17, 15) is 0 Å². The van der Waals surface area contributed by atoms with Crippen LogP contribution in [0.4, 0.5) is 0 Å². The standard InChI is InChI=1S/2C27H25BN9.CH2Cl2.Ni/c1-19-29-27(24-17-11-6-12-18-24)37(32-19)28(35-20(2)30-25(33-35)22-13-7-4-8-14-22)36-21(3)31-26(34-36)23-15-9-5-10-16-23;1-19-29-25(22-13-7-4-8-14-22)32-35(19)28(36-20(2)30-26(33-36)23-15-9-5-10-16-23)37-21(3)31-27(34-37)24-17-11-6-12-18-24;2-1-3;/h2*4-18,28H,1-3H3;1H2;/q2*-1;;+2. The molecule has 78 heavy (non-hydrogen) atoms. The van der Waals surface area contributed by atoms with Gasteiger partial charge in [0.15, 0.2) is 29.1 Å². The fourth-order valence-electron chi connectivity index (χ4n) is 9.20. The largest absolute Gasteiger partial charge is 2.00 e. The number of hydrogen-bond acceptors (Lipinski definition) is 12. The second kappa shape index (κ2) is 24.6. The van der Waals surface area contributed by atoms with Gasteiger partial charge >= 0.3 is 30.7 Å². The topological polar surface area (TPSA) is 184 Å². The van der Waals surface area contributed by atoms with Crippen LogP contribution in [0.15, 0.2) is 182 Å². The molecule has 23 heteroatoms. The smallest absolute Gasteiger partial charge is 0.383 e. The predicted molar refractivity (Wildman–Crippen MR) is 304 cm³/mol. The zero-order valence-corrected chi connectivity index (χ0v) is 46.1. The van der Waals surface area contributed by atoms with E-state index in [0.29, 0.717) is 34.9 Å². The molecular weight excluding hydrogens is 1060 g/mol. The molecule has 6 aromatic heterocycles. The normalized spacial score (nSPS) is 11.0. The molecule has 0 aliphatic rings. The Hall–Kier alpha value is -8.64. The molecule has 0 saturated heterocycles. The molecule has 12 aromatic rings. The maximum atomic E-state index is 4.97. The van der Waals surface area contributed by atoms with E-state index in [1.807, 2.05) is 251 Å². The number of alkyl halides is 2. The van der Waals surface area contributed by atoms with E-state index >= 15 is 0 Å². The van der Waals surface area contributed by atoms with Crippen LogP contribution in [0, 0.1) is 41.5 Å². The molecule has 0 N–H and O–H groups in total. The third-order valence-electron chi connectivity index (χ3n) is 12.9. The number of aryl methyl sites for hydroxylation is 6. The van der Waals surface area contributed by atoms with E-state index in [-0.39, 0.29) is 21.8 Å². The number of nitrogens with zero attached hydrogens (tertiary/aromatic N) is 18. The minimum Gasteiger partial charge on any atom is -0.383 e. The second-order valence-corrected chi connectivity index (χ2v) is 18.8. The first kappa shape index (κ1) is 54.2. The van der Waals surface area contributed by atoms with Crippen molar-refractivity contribution in [3.63, 3.8) is 0 Å². The van der Waals surface area contributed by atoms with Crippen molar-refractivity contribution in [1.29, 1.82) is 0 Å². The van der Waals surface area contributed by atoms with Gasteiger partial charge in [0.25, 0.3) is 0 Å². The summed E-state index contributed by atoms with van der Waals surface area (Å²) in [6.07, 6.45) is 0. The molecule has 392 valence electrons. The van der Waals surface area contributed by atoms with Gasteiger partial charge in [-0.25, -0.2) is 29.9 Å². The van der Waals surface area contributed by atoms with Crippen molar-refractivity contribution in [3.8, 4) is 68.3 Å². The minimum absolute atomic E-state index is 0. The van der Waals surface area contributed by atoms with Gasteiger partial charge < -0.3 is 27.6 Å². The first-order valence-corrected chi connectivity index (χ1v) is 26.0. The van der Waals surface area contributed by atoms with Crippen LogP contribution < -0.4 is 0 Å². The number of halogens is 2. The molecule has 0 bridgehead atoms. The maximum Gasteiger partial charge on any atom is 2.00 e. The van der Waals surface area contributed by atoms with E-state index in [1.54, 1.807) is 0 Å². The number of benzene rings is 6. The molecule has 0 amide bonds. The van der Waals surface area contributed by atoms with Crippen LogP contribution in [0.5, 0.6) is 0 Å². The number of rotatable bonds is 12. The molecular formula is C55H52B2Cl2N18Ni. The average molecular weight is 1120 g/mol. The summed E-state index contributed by atoms with van der Waals surface area (Å²) in [7, 11) is -3.52. The zero-order valence-electron chi connectivity index (χ0n) is 43.6. The Morgan fingerprint density at radius 2 is 0.500 bits per heavy atom. The summed E-state index contributed by atoms with van der Waals surface area (Å²) in [5.41, 5.74) is 5.69. The SMILES string of the molecule is Cc1nc(-c2ccccc2)n([BH-](n2nc(-c3ccccc3)nc2C)n2nc(-c3ccccc3)nc2C)n1.Cc1nc(-c2ccccc2)nn1[BH-](n1nc(-c2ccccc2)nc1C)n1nc(-c2ccccc2)nc1C.ClCCl.[Ni+2]. The Morgan fingerprint density at radius 3 is 0.731 bits per heavy atom. The molecule has 0 aliphatic heterocycles. The van der Waals surface area contributed by atoms with Crippen LogP contribution in [-0.4, -0.2) is 108 Å². The second-order valence-electron chi connectivity index (χ2n) is 18.0. The summed E-state index contributed by atoms with van der Waals surface area (Å²) in [5.74, 6) is 8.43. The molecule has 0 fully saturated rings. The van der Waals surface area contributed by atoms with Crippen molar-refractivity contribution in [1.82, 2.24) is 88.1 Å². The number of hydrogen-bond donors (Lipinski definition) is 0. The van der Waals surface area contributed by atoms with Crippen molar-refractivity contribution in [2.24, 2.45) is 0 Å². The molecule has 0 radical (unpaired) electrons. The van der Waals surface area contributed by atoms with Crippen molar-refractivity contribution < 1.29 is 16.5 Å². The molecule has 0 aliphatic carbocycles. The minimum atomic E-state index is -1.78. The molecule has 0 unspecified atom stereocenters. The molecule has 6 aromatic carbocycles. The quantitative estimate of drug-likeness (QED) is 0.0835. The van der Waals surface area contributed by atoms with Gasteiger partial charge in [-0.3, -0.25) is 0 Å². The van der Waals surface area contributed by atoms with Gasteiger partial charge in [0.2, 0.25) is 0 Å². The van der Waals surface area contributed by atoms with Crippen LogP contribution in [0.25, 0.3) is 68.3 Å². The first-order valence-electron chi connectivity index (χ1n) is 25.0. The van der Waals surface area contributed by atoms with Gasteiger partial charge in [-0.05, 0) is 41.5 Å². The van der Waals surface area contributed by atoms with Gasteiger partial charge in [-0.2, -0.15) is 30.6 Å². The van der Waals surface area contributed by atoms with Crippen molar-refractivity contribution in [2.45, 2.75) is 41.5 Å². The third-order valence-corrected chi connectivity index (χ3v) is 12.9. The maximum absolute atomic E-state index is 4.97. The summed E-state index contributed by atoms with van der Waals surface area (Å²) in [6, 6.07) is 59.8. The molecule has 0 atom stereocenters. The van der Waals surface area contributed by atoms with Crippen LogP contribution in [0.1, 0.15) is 34.9 Å². The van der Waals surface area contributed by atoms with Crippen molar-refractivity contribution in [3.05, 3.63) is 217 Å². The molecule has 0 saturated carbocycles. The molecule has 6 heterocycles. The fraction of sp³-hybridized carbons (Fsp3) is 0.127. The average Bonchev–Trinajstić information content (AvgIpc) is 4.54. The van der Waals surface area contributed by atoms with E-state index in [0.717, 1.165) is 68.3 Å². The van der Waals surface area contributed by atoms with E-state index in [4.69, 9.17) is 83.7 Å². The Morgan fingerprint density at radius 1 is 0.295 bits per heavy atom.